The van der Waals surface area contributed by atoms with Crippen molar-refractivity contribution in [2.75, 3.05) is 0 Å². The first-order valence-corrected chi connectivity index (χ1v) is 5.33. The van der Waals surface area contributed by atoms with Gasteiger partial charge in [0.2, 0.25) is 0 Å². The zero-order valence-electron chi connectivity index (χ0n) is 9.40. The summed E-state index contributed by atoms with van der Waals surface area (Å²) in [5.74, 6) is -2.38. The van der Waals surface area contributed by atoms with Crippen LogP contribution in [0, 0.1) is 11.6 Å². The minimum absolute atomic E-state index is 0.0923. The standard InChI is InChI=1S/C14H10F2O2/c15-12-7-6-10(8-13(12)16)9-18-14(17)11-4-2-1-3-5-11/h1-8H,9H2. The Labute approximate surface area is 103 Å². The molecular formula is C14H10F2O2. The van der Waals surface area contributed by atoms with Gasteiger partial charge in [0.1, 0.15) is 6.61 Å². The minimum atomic E-state index is -0.955. The number of esters is 1. The van der Waals surface area contributed by atoms with Crippen molar-refractivity contribution >= 4 is 5.97 Å². The van der Waals surface area contributed by atoms with Gasteiger partial charge in [-0.25, -0.2) is 13.6 Å². The first kappa shape index (κ1) is 12.2. The molecule has 2 aromatic carbocycles. The van der Waals surface area contributed by atoms with E-state index in [1.54, 1.807) is 30.3 Å². The summed E-state index contributed by atoms with van der Waals surface area (Å²) in [6.45, 7) is -0.0923. The second kappa shape index (κ2) is 5.40. The van der Waals surface area contributed by atoms with E-state index in [-0.39, 0.29) is 6.61 Å². The quantitative estimate of drug-likeness (QED) is 0.779. The second-order valence-corrected chi connectivity index (χ2v) is 3.69. The van der Waals surface area contributed by atoms with Gasteiger partial charge in [-0.3, -0.25) is 0 Å². The van der Waals surface area contributed by atoms with E-state index in [4.69, 9.17) is 4.74 Å². The van der Waals surface area contributed by atoms with Gasteiger partial charge in [-0.05, 0) is 29.8 Å². The predicted octanol–water partition coefficient (Wildman–Crippen LogP) is 3.32. The SMILES string of the molecule is O=C(OCc1ccc(F)c(F)c1)c1ccccc1. The van der Waals surface area contributed by atoms with Crippen LogP contribution in [0.4, 0.5) is 8.78 Å². The highest BCUT2D eigenvalue weighted by Crippen LogP contribution is 2.11. The molecule has 0 aliphatic carbocycles. The number of carbonyl (C=O) groups is 1. The summed E-state index contributed by atoms with van der Waals surface area (Å²) >= 11 is 0. The Morgan fingerprint density at radius 3 is 2.39 bits per heavy atom. The number of hydrogen-bond acceptors (Lipinski definition) is 2. The van der Waals surface area contributed by atoms with Gasteiger partial charge < -0.3 is 4.74 Å². The maximum Gasteiger partial charge on any atom is 0.338 e. The zero-order chi connectivity index (χ0) is 13.0. The van der Waals surface area contributed by atoms with Gasteiger partial charge in [-0.15, -0.1) is 0 Å². The molecule has 0 heterocycles. The Morgan fingerprint density at radius 1 is 1.00 bits per heavy atom. The largest absolute Gasteiger partial charge is 0.457 e. The second-order valence-electron chi connectivity index (χ2n) is 3.69. The third-order valence-electron chi connectivity index (χ3n) is 2.36. The van der Waals surface area contributed by atoms with E-state index in [1.165, 1.54) is 6.07 Å². The topological polar surface area (TPSA) is 26.3 Å². The smallest absolute Gasteiger partial charge is 0.338 e. The highest BCUT2D eigenvalue weighted by molar-refractivity contribution is 5.89. The van der Waals surface area contributed by atoms with Crippen LogP contribution in [-0.2, 0) is 11.3 Å². The third-order valence-corrected chi connectivity index (χ3v) is 2.36. The Kier molecular flexibility index (Phi) is 3.67. The molecule has 0 atom stereocenters. The molecule has 2 rings (SSSR count). The maximum absolute atomic E-state index is 12.9. The molecule has 0 saturated heterocycles. The first-order chi connectivity index (χ1) is 8.66. The molecule has 0 aliphatic heterocycles. The lowest BCUT2D eigenvalue weighted by atomic mass is 10.2. The third kappa shape index (κ3) is 2.91. The van der Waals surface area contributed by atoms with E-state index >= 15 is 0 Å². The summed E-state index contributed by atoms with van der Waals surface area (Å²) in [6, 6.07) is 11.8. The van der Waals surface area contributed by atoms with Crippen LogP contribution in [0.15, 0.2) is 48.5 Å². The van der Waals surface area contributed by atoms with Gasteiger partial charge in [-0.2, -0.15) is 0 Å². The Morgan fingerprint density at radius 2 is 1.72 bits per heavy atom. The lowest BCUT2D eigenvalue weighted by Crippen LogP contribution is -2.05. The summed E-state index contributed by atoms with van der Waals surface area (Å²) in [4.78, 5) is 11.6. The summed E-state index contributed by atoms with van der Waals surface area (Å²) in [7, 11) is 0. The van der Waals surface area contributed by atoms with Gasteiger partial charge in [0.05, 0.1) is 5.56 Å². The molecule has 92 valence electrons. The minimum Gasteiger partial charge on any atom is -0.457 e. The van der Waals surface area contributed by atoms with E-state index in [0.717, 1.165) is 12.1 Å². The zero-order valence-corrected chi connectivity index (χ0v) is 9.40. The molecule has 4 heteroatoms. The number of rotatable bonds is 3. The lowest BCUT2D eigenvalue weighted by Gasteiger charge is -2.05. The predicted molar refractivity (Wildman–Crippen MR) is 61.9 cm³/mol. The van der Waals surface area contributed by atoms with Crippen molar-refractivity contribution in [2.24, 2.45) is 0 Å². The van der Waals surface area contributed by atoms with Crippen molar-refractivity contribution in [3.8, 4) is 0 Å². The Hall–Kier alpha value is -2.23. The highest BCUT2D eigenvalue weighted by atomic mass is 19.2. The average molecular weight is 248 g/mol. The van der Waals surface area contributed by atoms with E-state index in [2.05, 4.69) is 0 Å². The summed E-state index contributed by atoms with van der Waals surface area (Å²) in [6.07, 6.45) is 0. The number of ether oxygens (including phenoxy) is 1. The number of benzene rings is 2. The van der Waals surface area contributed by atoms with Crippen LogP contribution in [0.25, 0.3) is 0 Å². The van der Waals surface area contributed by atoms with Gasteiger partial charge in [0.25, 0.3) is 0 Å². The number of halogens is 2. The van der Waals surface area contributed by atoms with Crippen molar-refractivity contribution < 1.29 is 18.3 Å². The monoisotopic (exact) mass is 248 g/mol. The molecule has 0 unspecified atom stereocenters. The molecule has 0 radical (unpaired) electrons. The normalized spacial score (nSPS) is 10.1. The fourth-order valence-electron chi connectivity index (χ4n) is 1.44. The fraction of sp³-hybridized carbons (Fsp3) is 0.0714. The van der Waals surface area contributed by atoms with Gasteiger partial charge in [0, 0.05) is 0 Å². The molecule has 0 aliphatic rings. The lowest BCUT2D eigenvalue weighted by molar-refractivity contribution is 0.0472. The van der Waals surface area contributed by atoms with Crippen LogP contribution < -0.4 is 0 Å². The molecule has 0 aromatic heterocycles. The van der Waals surface area contributed by atoms with E-state index in [9.17, 15) is 13.6 Å². The van der Waals surface area contributed by atoms with Crippen molar-refractivity contribution in [3.63, 3.8) is 0 Å². The summed E-state index contributed by atoms with van der Waals surface area (Å²) in [5, 5.41) is 0. The van der Waals surface area contributed by atoms with Crippen molar-refractivity contribution in [1.29, 1.82) is 0 Å². The Bertz CT molecular complexity index is 553. The number of hydrogen-bond donors (Lipinski definition) is 0. The molecule has 18 heavy (non-hydrogen) atoms. The first-order valence-electron chi connectivity index (χ1n) is 5.33. The summed E-state index contributed by atoms with van der Waals surface area (Å²) < 4.78 is 30.6. The molecule has 2 aromatic rings. The van der Waals surface area contributed by atoms with Crippen LogP contribution >= 0.6 is 0 Å². The molecule has 0 bridgehead atoms. The van der Waals surface area contributed by atoms with Crippen LogP contribution in [-0.4, -0.2) is 5.97 Å². The molecule has 0 amide bonds. The van der Waals surface area contributed by atoms with Crippen molar-refractivity contribution in [1.82, 2.24) is 0 Å². The molecule has 0 spiro atoms. The van der Waals surface area contributed by atoms with Crippen molar-refractivity contribution in [3.05, 3.63) is 71.3 Å². The number of carbonyl (C=O) groups excluding carboxylic acids is 1. The van der Waals surface area contributed by atoms with Gasteiger partial charge >= 0.3 is 5.97 Å². The van der Waals surface area contributed by atoms with Crippen molar-refractivity contribution in [2.45, 2.75) is 6.61 Å². The summed E-state index contributed by atoms with van der Waals surface area (Å²) in [5.41, 5.74) is 0.818. The maximum atomic E-state index is 12.9. The van der Waals surface area contributed by atoms with E-state index in [0.29, 0.717) is 11.1 Å². The molecule has 0 N–H and O–H groups in total. The van der Waals surface area contributed by atoms with Crippen LogP contribution in [0.3, 0.4) is 0 Å². The van der Waals surface area contributed by atoms with E-state index < -0.39 is 17.6 Å². The van der Waals surface area contributed by atoms with E-state index in [1.807, 2.05) is 0 Å². The molecule has 2 nitrogen and oxygen atoms in total. The van der Waals surface area contributed by atoms with Crippen LogP contribution in [0.1, 0.15) is 15.9 Å². The highest BCUT2D eigenvalue weighted by Gasteiger charge is 2.07. The molecular weight excluding hydrogens is 238 g/mol. The molecule has 0 saturated carbocycles. The fourth-order valence-corrected chi connectivity index (χ4v) is 1.44. The average Bonchev–Trinajstić information content (AvgIpc) is 2.41. The van der Waals surface area contributed by atoms with Crippen LogP contribution in [0.2, 0.25) is 0 Å². The van der Waals surface area contributed by atoms with Gasteiger partial charge in [-0.1, -0.05) is 24.3 Å². The molecule has 0 fully saturated rings. The Balaban J connectivity index is 1.99. The van der Waals surface area contributed by atoms with Crippen LogP contribution in [0.5, 0.6) is 0 Å². The van der Waals surface area contributed by atoms with Gasteiger partial charge in [0.15, 0.2) is 11.6 Å².